The van der Waals surface area contributed by atoms with Gasteiger partial charge in [0, 0.05) is 5.39 Å². The second kappa shape index (κ2) is 7.02. The van der Waals surface area contributed by atoms with Gasteiger partial charge in [0.15, 0.2) is 10.7 Å². The van der Waals surface area contributed by atoms with E-state index in [-0.39, 0.29) is 23.2 Å². The number of nitrogens with zero attached hydrogens (tertiary/aromatic N) is 1. The van der Waals surface area contributed by atoms with Crippen molar-refractivity contribution in [3.8, 4) is 0 Å². The second-order valence-electron chi connectivity index (χ2n) is 4.85. The van der Waals surface area contributed by atoms with Gasteiger partial charge >= 0.3 is 5.97 Å². The lowest BCUT2D eigenvalue weighted by Gasteiger charge is -2.06. The van der Waals surface area contributed by atoms with Crippen LogP contribution in [-0.2, 0) is 16.0 Å². The molecule has 6 nitrogen and oxygen atoms in total. The number of thiophene rings is 1. The van der Waals surface area contributed by atoms with Crippen molar-refractivity contribution in [2.75, 3.05) is 11.9 Å². The quantitative estimate of drug-likeness (QED) is 0.548. The Morgan fingerprint density at radius 3 is 3.04 bits per heavy atom. The number of hydrogen-bond acceptors (Lipinski definition) is 6. The highest BCUT2D eigenvalue weighted by Gasteiger charge is 2.16. The average Bonchev–Trinajstić information content (AvgIpc) is 3.17. The van der Waals surface area contributed by atoms with Crippen LogP contribution in [0, 0.1) is 0 Å². The fourth-order valence-corrected chi connectivity index (χ4v) is 3.23. The Hall–Kier alpha value is -2.38. The Balaban J connectivity index is 1.79. The Kier molecular flexibility index (Phi) is 4.82. The minimum atomic E-state index is -0.410. The van der Waals surface area contributed by atoms with Gasteiger partial charge in [-0.1, -0.05) is 11.6 Å². The summed E-state index contributed by atoms with van der Waals surface area (Å²) >= 11 is 7.34. The first-order chi connectivity index (χ1) is 11.6. The molecule has 3 rings (SSSR count). The van der Waals surface area contributed by atoms with Crippen molar-refractivity contribution in [2.45, 2.75) is 13.3 Å². The van der Waals surface area contributed by atoms with E-state index < -0.39 is 5.91 Å². The summed E-state index contributed by atoms with van der Waals surface area (Å²) < 4.78 is 10.1. The molecule has 0 aromatic carbocycles. The highest BCUT2D eigenvalue weighted by atomic mass is 35.5. The maximum absolute atomic E-state index is 12.4. The molecule has 0 aliphatic rings. The van der Waals surface area contributed by atoms with Crippen molar-refractivity contribution in [3.63, 3.8) is 0 Å². The standard InChI is InChI=1S/C16H13ClN2O4S/c1-2-22-12(20)8-10-4-6-24-16(10)19-15(21)11-7-9-3-5-23-13(9)14(17)18-11/h3-7H,2,8H2,1H3,(H,19,21). The van der Waals surface area contributed by atoms with Gasteiger partial charge in [0.1, 0.15) is 5.69 Å². The molecule has 0 aliphatic carbocycles. The predicted molar refractivity (Wildman–Crippen MR) is 91.6 cm³/mol. The number of aromatic nitrogens is 1. The number of halogens is 1. The third-order valence-corrected chi connectivity index (χ3v) is 4.37. The molecule has 0 aliphatic heterocycles. The molecule has 124 valence electrons. The zero-order valence-corrected chi connectivity index (χ0v) is 14.2. The van der Waals surface area contributed by atoms with E-state index in [1.54, 1.807) is 30.5 Å². The van der Waals surface area contributed by atoms with Crippen molar-refractivity contribution in [3.05, 3.63) is 46.3 Å². The first-order valence-corrected chi connectivity index (χ1v) is 8.41. The van der Waals surface area contributed by atoms with E-state index in [1.807, 2.05) is 0 Å². The molecule has 0 unspecified atom stereocenters. The molecule has 0 atom stereocenters. The van der Waals surface area contributed by atoms with Gasteiger partial charge in [0.05, 0.1) is 24.3 Å². The van der Waals surface area contributed by atoms with Gasteiger partial charge in [-0.15, -0.1) is 11.3 Å². The second-order valence-corrected chi connectivity index (χ2v) is 6.12. The number of pyridine rings is 1. The first kappa shape index (κ1) is 16.5. The molecule has 0 radical (unpaired) electrons. The molecule has 3 aromatic rings. The summed E-state index contributed by atoms with van der Waals surface area (Å²) in [5.74, 6) is -0.750. The van der Waals surface area contributed by atoms with Crippen molar-refractivity contribution in [1.82, 2.24) is 4.98 Å². The van der Waals surface area contributed by atoms with Crippen LogP contribution in [0.25, 0.3) is 11.0 Å². The van der Waals surface area contributed by atoms with E-state index in [0.717, 1.165) is 0 Å². The summed E-state index contributed by atoms with van der Waals surface area (Å²) in [5.41, 5.74) is 1.30. The lowest BCUT2D eigenvalue weighted by molar-refractivity contribution is -0.142. The number of hydrogen-bond donors (Lipinski definition) is 1. The summed E-state index contributed by atoms with van der Waals surface area (Å²) in [4.78, 5) is 28.1. The van der Waals surface area contributed by atoms with E-state index in [2.05, 4.69) is 10.3 Å². The maximum Gasteiger partial charge on any atom is 0.310 e. The van der Waals surface area contributed by atoms with Crippen LogP contribution >= 0.6 is 22.9 Å². The van der Waals surface area contributed by atoms with Crippen molar-refractivity contribution in [2.24, 2.45) is 0 Å². The number of anilines is 1. The average molecular weight is 365 g/mol. The van der Waals surface area contributed by atoms with E-state index in [1.165, 1.54) is 17.6 Å². The van der Waals surface area contributed by atoms with E-state index in [9.17, 15) is 9.59 Å². The highest BCUT2D eigenvalue weighted by molar-refractivity contribution is 7.14. The molecule has 0 spiro atoms. The van der Waals surface area contributed by atoms with Crippen LogP contribution in [0.2, 0.25) is 5.15 Å². The van der Waals surface area contributed by atoms with Crippen LogP contribution in [-0.4, -0.2) is 23.5 Å². The summed E-state index contributed by atoms with van der Waals surface area (Å²) in [6.45, 7) is 2.06. The Morgan fingerprint density at radius 2 is 2.25 bits per heavy atom. The SMILES string of the molecule is CCOC(=O)Cc1ccsc1NC(=O)c1cc2ccoc2c(Cl)n1. The lowest BCUT2D eigenvalue weighted by Crippen LogP contribution is -2.15. The molecular weight excluding hydrogens is 352 g/mol. The third kappa shape index (κ3) is 3.42. The summed E-state index contributed by atoms with van der Waals surface area (Å²) in [6, 6.07) is 5.08. The van der Waals surface area contributed by atoms with Gasteiger partial charge in [0.2, 0.25) is 0 Å². The predicted octanol–water partition coefficient (Wildman–Crippen LogP) is 3.90. The molecule has 0 fully saturated rings. The van der Waals surface area contributed by atoms with Crippen LogP contribution in [0.1, 0.15) is 23.0 Å². The fourth-order valence-electron chi connectivity index (χ4n) is 2.17. The van der Waals surface area contributed by atoms with Crippen molar-refractivity contribution < 1.29 is 18.7 Å². The van der Waals surface area contributed by atoms with Gasteiger partial charge in [0.25, 0.3) is 5.91 Å². The maximum atomic E-state index is 12.4. The largest absolute Gasteiger partial charge is 0.466 e. The molecule has 1 N–H and O–H groups in total. The molecule has 8 heteroatoms. The van der Waals surface area contributed by atoms with E-state index >= 15 is 0 Å². The number of esters is 1. The summed E-state index contributed by atoms with van der Waals surface area (Å²) in [5, 5.41) is 5.95. The monoisotopic (exact) mass is 364 g/mol. The van der Waals surface area contributed by atoms with Crippen LogP contribution in [0.4, 0.5) is 5.00 Å². The molecule has 3 aromatic heterocycles. The van der Waals surface area contributed by atoms with Gasteiger partial charge in [-0.25, -0.2) is 4.98 Å². The molecule has 0 saturated carbocycles. The molecular formula is C16H13ClN2O4S. The summed E-state index contributed by atoms with van der Waals surface area (Å²) in [6.07, 6.45) is 1.58. The topological polar surface area (TPSA) is 81.4 Å². The van der Waals surface area contributed by atoms with E-state index in [4.69, 9.17) is 20.8 Å². The number of furan rings is 1. The number of fused-ring (bicyclic) bond motifs is 1. The van der Waals surface area contributed by atoms with Crippen LogP contribution in [0.5, 0.6) is 0 Å². The van der Waals surface area contributed by atoms with Gasteiger partial charge in [-0.05, 0) is 36.1 Å². The number of ether oxygens (including phenoxy) is 1. The molecule has 3 heterocycles. The minimum absolute atomic E-state index is 0.0991. The fraction of sp³-hybridized carbons (Fsp3) is 0.188. The molecule has 0 bridgehead atoms. The molecule has 24 heavy (non-hydrogen) atoms. The number of nitrogens with one attached hydrogen (secondary N) is 1. The number of rotatable bonds is 5. The van der Waals surface area contributed by atoms with Crippen LogP contribution in [0.3, 0.4) is 0 Å². The normalized spacial score (nSPS) is 10.8. The highest BCUT2D eigenvalue weighted by Crippen LogP contribution is 2.27. The van der Waals surface area contributed by atoms with Gasteiger partial charge in [-0.2, -0.15) is 0 Å². The number of amides is 1. The Labute approximate surface area is 146 Å². The zero-order chi connectivity index (χ0) is 17.1. The lowest BCUT2D eigenvalue weighted by atomic mass is 10.2. The third-order valence-electron chi connectivity index (χ3n) is 3.24. The van der Waals surface area contributed by atoms with E-state index in [0.29, 0.717) is 28.1 Å². The Morgan fingerprint density at radius 1 is 1.42 bits per heavy atom. The van der Waals surface area contributed by atoms with Crippen molar-refractivity contribution >= 4 is 50.8 Å². The number of carbonyl (C=O) groups is 2. The Bertz CT molecular complexity index is 903. The number of carbonyl (C=O) groups excluding carboxylic acids is 2. The smallest absolute Gasteiger partial charge is 0.310 e. The van der Waals surface area contributed by atoms with Crippen LogP contribution in [0.15, 0.2) is 34.3 Å². The van der Waals surface area contributed by atoms with Crippen LogP contribution < -0.4 is 5.32 Å². The molecule has 1 amide bonds. The van der Waals surface area contributed by atoms with Gasteiger partial charge in [-0.3, -0.25) is 9.59 Å². The van der Waals surface area contributed by atoms with Crippen molar-refractivity contribution in [1.29, 1.82) is 0 Å². The zero-order valence-electron chi connectivity index (χ0n) is 12.7. The first-order valence-electron chi connectivity index (χ1n) is 7.15. The van der Waals surface area contributed by atoms with Gasteiger partial charge < -0.3 is 14.5 Å². The molecule has 0 saturated heterocycles. The summed E-state index contributed by atoms with van der Waals surface area (Å²) in [7, 11) is 0. The minimum Gasteiger partial charge on any atom is -0.466 e.